The van der Waals surface area contributed by atoms with Crippen molar-refractivity contribution in [1.82, 2.24) is 0 Å². The molecule has 1 heterocycles. The van der Waals surface area contributed by atoms with Crippen molar-refractivity contribution in [3.8, 4) is 0 Å². The maximum atomic E-state index is 11.0. The molecule has 0 spiro atoms. The van der Waals surface area contributed by atoms with Crippen LogP contribution in [0.25, 0.3) is 0 Å². The zero-order valence-electron chi connectivity index (χ0n) is 5.83. The maximum Gasteiger partial charge on any atom is 0.341 e. The summed E-state index contributed by atoms with van der Waals surface area (Å²) in [5.74, 6) is -0.251. The van der Waals surface area contributed by atoms with Gasteiger partial charge in [0.1, 0.15) is 0 Å². The fraction of sp³-hybridized carbons (Fsp3) is 0.125. The summed E-state index contributed by atoms with van der Waals surface area (Å²) < 4.78 is 4.75. The van der Waals surface area contributed by atoms with Gasteiger partial charge in [-0.3, -0.25) is 0 Å². The molecule has 0 saturated heterocycles. The van der Waals surface area contributed by atoms with Crippen molar-refractivity contribution >= 4 is 11.7 Å². The monoisotopic (exact) mass is 149 g/mol. The van der Waals surface area contributed by atoms with E-state index in [0.29, 0.717) is 5.56 Å². The molecular weight excluding hydrogens is 142 g/mol. The molecule has 0 radical (unpaired) electrons. The molecule has 0 bridgehead atoms. The van der Waals surface area contributed by atoms with Gasteiger partial charge in [-0.25, -0.2) is 4.79 Å². The summed E-state index contributed by atoms with van der Waals surface area (Å²) in [5, 5.41) is 2.95. The second kappa shape index (κ2) is 2.27. The van der Waals surface area contributed by atoms with Gasteiger partial charge in [0.2, 0.25) is 0 Å². The first-order valence-electron chi connectivity index (χ1n) is 3.38. The van der Waals surface area contributed by atoms with Crippen LogP contribution >= 0.6 is 0 Å². The van der Waals surface area contributed by atoms with Gasteiger partial charge < -0.3 is 10.1 Å². The summed E-state index contributed by atoms with van der Waals surface area (Å²) in [6.07, 6.45) is 0. The molecule has 11 heavy (non-hydrogen) atoms. The van der Waals surface area contributed by atoms with Crippen LogP contribution in [0.3, 0.4) is 0 Å². The Balaban J connectivity index is 2.52. The van der Waals surface area contributed by atoms with E-state index in [1.165, 1.54) is 0 Å². The number of esters is 1. The van der Waals surface area contributed by atoms with Gasteiger partial charge in [-0.05, 0) is 12.1 Å². The van der Waals surface area contributed by atoms with Crippen LogP contribution in [-0.2, 0) is 4.74 Å². The number of cyclic esters (lactones) is 1. The third-order valence-electron chi connectivity index (χ3n) is 1.61. The molecule has 1 aliphatic heterocycles. The minimum atomic E-state index is -0.251. The smallest absolute Gasteiger partial charge is 0.341 e. The summed E-state index contributed by atoms with van der Waals surface area (Å²) in [6, 6.07) is 7.29. The average molecular weight is 149 g/mol. The quantitative estimate of drug-likeness (QED) is 0.564. The topological polar surface area (TPSA) is 38.3 Å². The number of hydrogen-bond donors (Lipinski definition) is 1. The lowest BCUT2D eigenvalue weighted by atomic mass is 10.1. The van der Waals surface area contributed by atoms with Gasteiger partial charge in [-0.15, -0.1) is 0 Å². The molecule has 1 aromatic rings. The molecule has 0 atom stereocenters. The molecule has 1 N–H and O–H groups in total. The Bertz CT molecular complexity index is 296. The predicted octanol–water partition coefficient (Wildman–Crippen LogP) is 1.23. The Morgan fingerprint density at radius 1 is 1.36 bits per heavy atom. The third kappa shape index (κ3) is 0.941. The number of anilines is 1. The Morgan fingerprint density at radius 2 is 2.18 bits per heavy atom. The lowest BCUT2D eigenvalue weighted by molar-refractivity contribution is 0.0518. The second-order valence-electron chi connectivity index (χ2n) is 2.30. The lowest BCUT2D eigenvalue weighted by Gasteiger charge is -2.16. The second-order valence-corrected chi connectivity index (χ2v) is 2.30. The highest BCUT2D eigenvalue weighted by atomic mass is 16.5. The number of nitrogens with one attached hydrogen (secondary N) is 1. The van der Waals surface area contributed by atoms with Crippen LogP contribution in [0, 0.1) is 0 Å². The number of rotatable bonds is 0. The average Bonchev–Trinajstić information content (AvgIpc) is 2.06. The Labute approximate surface area is 64.0 Å². The van der Waals surface area contributed by atoms with E-state index in [1.807, 2.05) is 18.2 Å². The summed E-state index contributed by atoms with van der Waals surface area (Å²) in [5.41, 5.74) is 1.46. The van der Waals surface area contributed by atoms with Crippen LogP contribution in [0.5, 0.6) is 0 Å². The minimum Gasteiger partial charge on any atom is -0.441 e. The lowest BCUT2D eigenvalue weighted by Crippen LogP contribution is -2.20. The number of carbonyl (C=O) groups excluding carboxylic acids is 1. The number of fused-ring (bicyclic) bond motifs is 1. The van der Waals surface area contributed by atoms with Crippen LogP contribution in [0.4, 0.5) is 5.69 Å². The number of para-hydroxylation sites is 1. The van der Waals surface area contributed by atoms with Crippen molar-refractivity contribution in [1.29, 1.82) is 0 Å². The van der Waals surface area contributed by atoms with Crippen molar-refractivity contribution in [2.45, 2.75) is 0 Å². The van der Waals surface area contributed by atoms with Gasteiger partial charge in [-0.1, -0.05) is 12.1 Å². The first-order chi connectivity index (χ1) is 5.38. The summed E-state index contributed by atoms with van der Waals surface area (Å²) in [4.78, 5) is 11.0. The molecule has 0 aromatic heterocycles. The van der Waals surface area contributed by atoms with Crippen LogP contribution in [-0.4, -0.2) is 12.7 Å². The van der Waals surface area contributed by atoms with Crippen LogP contribution in [0.2, 0.25) is 0 Å². The van der Waals surface area contributed by atoms with E-state index in [0.717, 1.165) is 5.69 Å². The third-order valence-corrected chi connectivity index (χ3v) is 1.61. The molecule has 0 amide bonds. The zero-order chi connectivity index (χ0) is 7.68. The van der Waals surface area contributed by atoms with Crippen molar-refractivity contribution in [2.24, 2.45) is 0 Å². The van der Waals surface area contributed by atoms with Crippen molar-refractivity contribution < 1.29 is 9.53 Å². The Hall–Kier alpha value is -1.51. The zero-order valence-corrected chi connectivity index (χ0v) is 5.83. The molecule has 0 aliphatic carbocycles. The fourth-order valence-electron chi connectivity index (χ4n) is 1.07. The van der Waals surface area contributed by atoms with E-state index >= 15 is 0 Å². The van der Waals surface area contributed by atoms with Gasteiger partial charge in [-0.2, -0.15) is 0 Å². The number of carbonyl (C=O) groups is 1. The van der Waals surface area contributed by atoms with Crippen LogP contribution < -0.4 is 5.32 Å². The van der Waals surface area contributed by atoms with Crippen molar-refractivity contribution in [3.63, 3.8) is 0 Å². The van der Waals surface area contributed by atoms with E-state index in [4.69, 9.17) is 4.74 Å². The first-order valence-corrected chi connectivity index (χ1v) is 3.38. The Morgan fingerprint density at radius 3 is 3.00 bits per heavy atom. The molecule has 3 heteroatoms. The number of ether oxygens (including phenoxy) is 1. The molecule has 0 unspecified atom stereocenters. The normalized spacial score (nSPS) is 14.7. The standard InChI is InChI=1S/C8H7NO2/c10-8-6-3-1-2-4-7(6)9-5-11-8/h1-4,9H,5H2. The molecule has 1 aliphatic rings. The van der Waals surface area contributed by atoms with Crippen LogP contribution in [0.15, 0.2) is 24.3 Å². The highest BCUT2D eigenvalue weighted by Gasteiger charge is 2.15. The molecule has 3 nitrogen and oxygen atoms in total. The molecule has 1 aromatic carbocycles. The van der Waals surface area contributed by atoms with Gasteiger partial charge in [0.05, 0.1) is 11.3 Å². The van der Waals surface area contributed by atoms with Gasteiger partial charge in [0, 0.05) is 0 Å². The maximum absolute atomic E-state index is 11.0. The van der Waals surface area contributed by atoms with Gasteiger partial charge in [0.25, 0.3) is 0 Å². The van der Waals surface area contributed by atoms with E-state index < -0.39 is 0 Å². The van der Waals surface area contributed by atoms with Crippen molar-refractivity contribution in [2.75, 3.05) is 12.0 Å². The van der Waals surface area contributed by atoms with Gasteiger partial charge >= 0.3 is 5.97 Å². The number of hydrogen-bond acceptors (Lipinski definition) is 3. The SMILES string of the molecule is O=C1OCNc2ccccc21. The van der Waals surface area contributed by atoms with E-state index in [1.54, 1.807) is 6.07 Å². The van der Waals surface area contributed by atoms with E-state index in [2.05, 4.69) is 5.32 Å². The fourth-order valence-corrected chi connectivity index (χ4v) is 1.07. The Kier molecular flexibility index (Phi) is 1.28. The van der Waals surface area contributed by atoms with Crippen molar-refractivity contribution in [3.05, 3.63) is 29.8 Å². The molecule has 2 rings (SSSR count). The predicted molar refractivity (Wildman–Crippen MR) is 40.3 cm³/mol. The van der Waals surface area contributed by atoms with Gasteiger partial charge in [0.15, 0.2) is 6.73 Å². The molecular formula is C8H7NO2. The van der Waals surface area contributed by atoms with E-state index in [-0.39, 0.29) is 12.7 Å². The highest BCUT2D eigenvalue weighted by molar-refractivity contribution is 5.96. The summed E-state index contributed by atoms with van der Waals surface area (Å²) >= 11 is 0. The number of benzene rings is 1. The first kappa shape index (κ1) is 6.22. The van der Waals surface area contributed by atoms with E-state index in [9.17, 15) is 4.79 Å². The molecule has 0 saturated carbocycles. The summed E-state index contributed by atoms with van der Waals surface area (Å²) in [7, 11) is 0. The minimum absolute atomic E-state index is 0.251. The molecule has 56 valence electrons. The largest absolute Gasteiger partial charge is 0.441 e. The highest BCUT2D eigenvalue weighted by Crippen LogP contribution is 2.18. The molecule has 0 fully saturated rings. The van der Waals surface area contributed by atoms with Crippen LogP contribution in [0.1, 0.15) is 10.4 Å². The summed E-state index contributed by atoms with van der Waals surface area (Å²) in [6.45, 7) is 0.274.